The van der Waals surface area contributed by atoms with E-state index in [-0.39, 0.29) is 5.56 Å². The molecular formula is C9H6BrNO3S. The Morgan fingerprint density at radius 3 is 2.93 bits per heavy atom. The number of thiophene rings is 1. The van der Waals surface area contributed by atoms with Gasteiger partial charge >= 0.3 is 5.97 Å². The standard InChI is InChI=1S/C9H6BrNO3S/c1-4-7(9(12)13)8(11-14-4)6-2-5(10)3-15-6/h2-3H,1H3,(H,12,13). The van der Waals surface area contributed by atoms with E-state index in [9.17, 15) is 4.79 Å². The number of nitrogens with zero attached hydrogens (tertiary/aromatic N) is 1. The predicted octanol–water partition coefficient (Wildman–Crippen LogP) is 3.17. The van der Waals surface area contributed by atoms with Crippen LogP contribution in [0.15, 0.2) is 20.4 Å². The highest BCUT2D eigenvalue weighted by Gasteiger charge is 2.21. The van der Waals surface area contributed by atoms with Gasteiger partial charge in [0.15, 0.2) is 0 Å². The van der Waals surface area contributed by atoms with Crippen LogP contribution in [-0.2, 0) is 0 Å². The molecule has 1 N–H and O–H groups in total. The first-order valence-corrected chi connectivity index (χ1v) is 5.71. The highest BCUT2D eigenvalue weighted by Crippen LogP contribution is 2.32. The average Bonchev–Trinajstić information content (AvgIpc) is 2.71. The number of aromatic carboxylic acids is 1. The number of carboxylic acid groups (broad SMARTS) is 1. The maximum Gasteiger partial charge on any atom is 0.341 e. The smallest absolute Gasteiger partial charge is 0.341 e. The summed E-state index contributed by atoms with van der Waals surface area (Å²) in [5.41, 5.74) is 0.514. The second-order valence-corrected chi connectivity index (χ2v) is 4.72. The summed E-state index contributed by atoms with van der Waals surface area (Å²) in [7, 11) is 0. The number of carbonyl (C=O) groups is 1. The Labute approximate surface area is 97.6 Å². The minimum atomic E-state index is -1.02. The third-order valence-corrected chi connectivity index (χ3v) is 3.58. The van der Waals surface area contributed by atoms with Gasteiger partial charge in [0, 0.05) is 9.85 Å². The van der Waals surface area contributed by atoms with Crippen molar-refractivity contribution in [2.75, 3.05) is 0 Å². The van der Waals surface area contributed by atoms with Crippen LogP contribution in [0.5, 0.6) is 0 Å². The summed E-state index contributed by atoms with van der Waals surface area (Å²) in [5.74, 6) is -0.699. The molecule has 0 amide bonds. The number of rotatable bonds is 2. The van der Waals surface area contributed by atoms with Crippen LogP contribution in [-0.4, -0.2) is 16.2 Å². The van der Waals surface area contributed by atoms with Crippen molar-refractivity contribution in [3.63, 3.8) is 0 Å². The molecule has 0 aromatic carbocycles. The van der Waals surface area contributed by atoms with Crippen molar-refractivity contribution in [3.05, 3.63) is 27.2 Å². The topological polar surface area (TPSA) is 63.3 Å². The lowest BCUT2D eigenvalue weighted by Gasteiger charge is -1.92. The Kier molecular flexibility index (Phi) is 2.62. The monoisotopic (exact) mass is 287 g/mol. The fourth-order valence-corrected chi connectivity index (χ4v) is 2.64. The molecule has 2 aromatic heterocycles. The molecular weight excluding hydrogens is 282 g/mol. The van der Waals surface area contributed by atoms with Crippen LogP contribution >= 0.6 is 27.3 Å². The molecule has 2 aromatic rings. The first kappa shape index (κ1) is 10.4. The van der Waals surface area contributed by atoms with Crippen LogP contribution in [0.25, 0.3) is 10.6 Å². The van der Waals surface area contributed by atoms with Gasteiger partial charge in [-0.2, -0.15) is 0 Å². The minimum absolute atomic E-state index is 0.129. The minimum Gasteiger partial charge on any atom is -0.477 e. The molecule has 0 spiro atoms. The first-order chi connectivity index (χ1) is 7.09. The van der Waals surface area contributed by atoms with Crippen molar-refractivity contribution >= 4 is 33.2 Å². The van der Waals surface area contributed by atoms with Crippen LogP contribution in [0.2, 0.25) is 0 Å². The van der Waals surface area contributed by atoms with Crippen LogP contribution < -0.4 is 0 Å². The highest BCUT2D eigenvalue weighted by atomic mass is 79.9. The molecule has 0 bridgehead atoms. The molecule has 2 heterocycles. The number of halogens is 1. The molecule has 15 heavy (non-hydrogen) atoms. The lowest BCUT2D eigenvalue weighted by atomic mass is 10.2. The highest BCUT2D eigenvalue weighted by molar-refractivity contribution is 9.10. The third-order valence-electron chi connectivity index (χ3n) is 1.88. The molecule has 0 fully saturated rings. The maximum absolute atomic E-state index is 11.0. The zero-order valence-electron chi connectivity index (χ0n) is 7.65. The molecule has 4 nitrogen and oxygen atoms in total. The van der Waals surface area contributed by atoms with Gasteiger partial charge in [-0.25, -0.2) is 4.79 Å². The van der Waals surface area contributed by atoms with Gasteiger partial charge < -0.3 is 9.63 Å². The zero-order valence-corrected chi connectivity index (χ0v) is 10.1. The fourth-order valence-electron chi connectivity index (χ4n) is 1.23. The number of aryl methyl sites for hydroxylation is 1. The number of hydrogen-bond acceptors (Lipinski definition) is 4. The van der Waals surface area contributed by atoms with E-state index in [1.807, 2.05) is 11.4 Å². The second kappa shape index (κ2) is 3.79. The molecule has 0 aliphatic rings. The van der Waals surface area contributed by atoms with E-state index in [0.717, 1.165) is 9.35 Å². The first-order valence-electron chi connectivity index (χ1n) is 4.03. The van der Waals surface area contributed by atoms with Crippen LogP contribution in [0.3, 0.4) is 0 Å². The van der Waals surface area contributed by atoms with Crippen molar-refractivity contribution in [1.82, 2.24) is 5.16 Å². The summed E-state index contributed by atoms with van der Waals surface area (Å²) in [6, 6.07) is 1.81. The molecule has 6 heteroatoms. The van der Waals surface area contributed by atoms with Gasteiger partial charge in [0.1, 0.15) is 17.0 Å². The Balaban J connectivity index is 2.58. The van der Waals surface area contributed by atoms with Gasteiger partial charge in [-0.05, 0) is 28.9 Å². The SMILES string of the molecule is Cc1onc(-c2cc(Br)cs2)c1C(=O)O. The summed E-state index contributed by atoms with van der Waals surface area (Å²) in [6.45, 7) is 1.59. The van der Waals surface area contributed by atoms with Gasteiger partial charge in [0.05, 0.1) is 4.88 Å². The molecule has 0 aliphatic heterocycles. The van der Waals surface area contributed by atoms with E-state index in [0.29, 0.717) is 11.5 Å². The van der Waals surface area contributed by atoms with Gasteiger partial charge in [-0.3, -0.25) is 0 Å². The zero-order chi connectivity index (χ0) is 11.0. The van der Waals surface area contributed by atoms with Crippen molar-refractivity contribution in [2.45, 2.75) is 6.92 Å². The quantitative estimate of drug-likeness (QED) is 0.921. The summed E-state index contributed by atoms with van der Waals surface area (Å²) < 4.78 is 5.78. The Hall–Kier alpha value is -1.14. The summed E-state index contributed by atoms with van der Waals surface area (Å²) in [5, 5.41) is 14.6. The normalized spacial score (nSPS) is 10.5. The van der Waals surface area contributed by atoms with Crippen molar-refractivity contribution < 1.29 is 14.4 Å². The van der Waals surface area contributed by atoms with Gasteiger partial charge in [-0.1, -0.05) is 5.16 Å². The molecule has 78 valence electrons. The second-order valence-electron chi connectivity index (χ2n) is 2.90. The number of hydrogen-bond donors (Lipinski definition) is 1. The van der Waals surface area contributed by atoms with Crippen LogP contribution in [0.4, 0.5) is 0 Å². The van der Waals surface area contributed by atoms with E-state index in [4.69, 9.17) is 9.63 Å². The molecule has 0 saturated heterocycles. The van der Waals surface area contributed by atoms with Gasteiger partial charge in [0.25, 0.3) is 0 Å². The van der Waals surface area contributed by atoms with E-state index >= 15 is 0 Å². The fraction of sp³-hybridized carbons (Fsp3) is 0.111. The molecule has 0 radical (unpaired) electrons. The van der Waals surface area contributed by atoms with E-state index in [1.54, 1.807) is 6.92 Å². The Morgan fingerprint density at radius 1 is 1.67 bits per heavy atom. The molecule has 0 aliphatic carbocycles. The van der Waals surface area contributed by atoms with E-state index < -0.39 is 5.97 Å². The molecule has 0 saturated carbocycles. The van der Waals surface area contributed by atoms with Crippen molar-refractivity contribution in [3.8, 4) is 10.6 Å². The molecule has 0 atom stereocenters. The third kappa shape index (κ3) is 1.82. The largest absolute Gasteiger partial charge is 0.477 e. The Morgan fingerprint density at radius 2 is 2.40 bits per heavy atom. The summed E-state index contributed by atoms with van der Waals surface area (Å²) >= 11 is 4.72. The molecule has 0 unspecified atom stereocenters. The lowest BCUT2D eigenvalue weighted by molar-refractivity contribution is 0.0696. The van der Waals surface area contributed by atoms with Gasteiger partial charge in [-0.15, -0.1) is 11.3 Å². The molecule has 2 rings (SSSR count). The number of aromatic nitrogens is 1. The average molecular weight is 288 g/mol. The maximum atomic E-state index is 11.0. The van der Waals surface area contributed by atoms with Gasteiger partial charge in [0.2, 0.25) is 0 Å². The van der Waals surface area contributed by atoms with Crippen LogP contribution in [0.1, 0.15) is 16.1 Å². The van der Waals surface area contributed by atoms with Crippen LogP contribution in [0, 0.1) is 6.92 Å². The van der Waals surface area contributed by atoms with E-state index in [1.165, 1.54) is 11.3 Å². The lowest BCUT2D eigenvalue weighted by Crippen LogP contribution is -1.98. The predicted molar refractivity (Wildman–Crippen MR) is 59.2 cm³/mol. The number of carboxylic acids is 1. The van der Waals surface area contributed by atoms with E-state index in [2.05, 4.69) is 21.1 Å². The Bertz CT molecular complexity index is 517. The summed E-state index contributed by atoms with van der Waals surface area (Å²) in [6.07, 6.45) is 0. The van der Waals surface area contributed by atoms with Crippen molar-refractivity contribution in [2.24, 2.45) is 0 Å². The van der Waals surface area contributed by atoms with Crippen molar-refractivity contribution in [1.29, 1.82) is 0 Å². The summed E-state index contributed by atoms with van der Waals surface area (Å²) in [4.78, 5) is 11.8.